The van der Waals surface area contributed by atoms with E-state index in [9.17, 15) is 4.79 Å². The van der Waals surface area contributed by atoms with Gasteiger partial charge in [-0.2, -0.15) is 0 Å². The van der Waals surface area contributed by atoms with Gasteiger partial charge in [0.05, 0.1) is 5.02 Å². The lowest BCUT2D eigenvalue weighted by atomic mass is 10.1. The molecule has 2 nitrogen and oxygen atoms in total. The summed E-state index contributed by atoms with van der Waals surface area (Å²) >= 11 is 15.1. The molecular formula is C14H9BrCl2O2. The SMILES string of the molecule is O=C(COc1ccc(Cl)cc1Cl)c1ccccc1Br. The lowest BCUT2D eigenvalue weighted by Crippen LogP contribution is -2.12. The molecule has 2 aromatic carbocycles. The number of ketones is 1. The first-order valence-electron chi connectivity index (χ1n) is 5.43. The Labute approximate surface area is 129 Å². The number of halogens is 3. The first kappa shape index (κ1) is 14.4. The Morgan fingerprint density at radius 2 is 1.89 bits per heavy atom. The van der Waals surface area contributed by atoms with E-state index in [0.29, 0.717) is 21.4 Å². The highest BCUT2D eigenvalue weighted by atomic mass is 79.9. The highest BCUT2D eigenvalue weighted by Gasteiger charge is 2.11. The van der Waals surface area contributed by atoms with Gasteiger partial charge in [-0.1, -0.05) is 57.3 Å². The first-order valence-corrected chi connectivity index (χ1v) is 6.98. The van der Waals surface area contributed by atoms with Crippen molar-refractivity contribution < 1.29 is 9.53 Å². The molecule has 0 aliphatic carbocycles. The second-order valence-electron chi connectivity index (χ2n) is 3.77. The Morgan fingerprint density at radius 3 is 2.58 bits per heavy atom. The van der Waals surface area contributed by atoms with Crippen LogP contribution in [0.4, 0.5) is 0 Å². The van der Waals surface area contributed by atoms with E-state index < -0.39 is 0 Å². The molecule has 0 amide bonds. The maximum absolute atomic E-state index is 12.0. The van der Waals surface area contributed by atoms with Crippen LogP contribution in [0.5, 0.6) is 5.75 Å². The molecule has 0 aliphatic rings. The van der Waals surface area contributed by atoms with Gasteiger partial charge in [0.25, 0.3) is 0 Å². The highest BCUT2D eigenvalue weighted by molar-refractivity contribution is 9.10. The molecule has 2 aromatic rings. The van der Waals surface area contributed by atoms with E-state index in [-0.39, 0.29) is 12.4 Å². The van der Waals surface area contributed by atoms with Gasteiger partial charge in [0.2, 0.25) is 5.78 Å². The van der Waals surface area contributed by atoms with Crippen molar-refractivity contribution in [2.75, 3.05) is 6.61 Å². The Morgan fingerprint density at radius 1 is 1.16 bits per heavy atom. The van der Waals surface area contributed by atoms with Crippen molar-refractivity contribution in [2.24, 2.45) is 0 Å². The fraction of sp³-hybridized carbons (Fsp3) is 0.0714. The van der Waals surface area contributed by atoms with Crippen LogP contribution >= 0.6 is 39.1 Å². The second kappa shape index (κ2) is 6.42. The Kier molecular flexibility index (Phi) is 4.86. The average molecular weight is 360 g/mol. The third kappa shape index (κ3) is 3.72. The molecule has 0 radical (unpaired) electrons. The minimum absolute atomic E-state index is 0.0794. The van der Waals surface area contributed by atoms with Gasteiger partial charge in [-0.25, -0.2) is 0 Å². The van der Waals surface area contributed by atoms with Crippen molar-refractivity contribution in [2.45, 2.75) is 0 Å². The van der Waals surface area contributed by atoms with E-state index in [0.717, 1.165) is 4.47 Å². The van der Waals surface area contributed by atoms with Crippen LogP contribution in [0.25, 0.3) is 0 Å². The van der Waals surface area contributed by atoms with Crippen molar-refractivity contribution in [1.82, 2.24) is 0 Å². The van der Waals surface area contributed by atoms with Crippen molar-refractivity contribution in [3.8, 4) is 5.75 Å². The van der Waals surface area contributed by atoms with Gasteiger partial charge in [-0.3, -0.25) is 4.79 Å². The number of ether oxygens (including phenoxy) is 1. The second-order valence-corrected chi connectivity index (χ2v) is 5.46. The molecule has 0 heterocycles. The molecule has 0 spiro atoms. The molecule has 0 fully saturated rings. The molecular weight excluding hydrogens is 351 g/mol. The minimum atomic E-state index is -0.126. The molecule has 0 saturated carbocycles. The fourth-order valence-corrected chi connectivity index (χ4v) is 2.47. The van der Waals surface area contributed by atoms with Crippen LogP contribution in [0.2, 0.25) is 10.0 Å². The van der Waals surface area contributed by atoms with Crippen molar-refractivity contribution >= 4 is 44.9 Å². The molecule has 0 bridgehead atoms. The normalized spacial score (nSPS) is 10.3. The number of benzene rings is 2. The maximum atomic E-state index is 12.0. The lowest BCUT2D eigenvalue weighted by Gasteiger charge is -2.08. The van der Waals surface area contributed by atoms with Gasteiger partial charge in [0.1, 0.15) is 5.75 Å². The lowest BCUT2D eigenvalue weighted by molar-refractivity contribution is 0.0921. The van der Waals surface area contributed by atoms with Crippen molar-refractivity contribution in [1.29, 1.82) is 0 Å². The van der Waals surface area contributed by atoms with Gasteiger partial charge in [0.15, 0.2) is 6.61 Å². The zero-order valence-electron chi connectivity index (χ0n) is 9.70. The van der Waals surface area contributed by atoms with Gasteiger partial charge >= 0.3 is 0 Å². The molecule has 0 aliphatic heterocycles. The van der Waals surface area contributed by atoms with E-state index >= 15 is 0 Å². The monoisotopic (exact) mass is 358 g/mol. The van der Waals surface area contributed by atoms with E-state index in [1.54, 1.807) is 30.3 Å². The third-order valence-corrected chi connectivity index (χ3v) is 3.65. The van der Waals surface area contributed by atoms with E-state index in [1.165, 1.54) is 0 Å². The van der Waals surface area contributed by atoms with Crippen LogP contribution in [-0.4, -0.2) is 12.4 Å². The first-order chi connectivity index (χ1) is 9.08. The van der Waals surface area contributed by atoms with Crippen molar-refractivity contribution in [3.63, 3.8) is 0 Å². The molecule has 0 aromatic heterocycles. The number of carbonyl (C=O) groups is 1. The summed E-state index contributed by atoms with van der Waals surface area (Å²) in [5, 5.41) is 0.905. The number of Topliss-reactive ketones (excluding diaryl/α,β-unsaturated/α-hetero) is 1. The Bertz CT molecular complexity index is 614. The van der Waals surface area contributed by atoms with E-state index in [4.69, 9.17) is 27.9 Å². The summed E-state index contributed by atoms with van der Waals surface area (Å²) < 4.78 is 6.14. The average Bonchev–Trinajstić information content (AvgIpc) is 2.38. The van der Waals surface area contributed by atoms with Gasteiger partial charge in [-0.05, 0) is 24.3 Å². The molecule has 0 N–H and O–H groups in total. The van der Waals surface area contributed by atoms with Crippen LogP contribution < -0.4 is 4.74 Å². The zero-order chi connectivity index (χ0) is 13.8. The van der Waals surface area contributed by atoms with Gasteiger partial charge in [0, 0.05) is 15.1 Å². The summed E-state index contributed by atoms with van der Waals surface area (Å²) in [6, 6.07) is 12.1. The van der Waals surface area contributed by atoms with Crippen LogP contribution in [0.1, 0.15) is 10.4 Å². The predicted octanol–water partition coefficient (Wildman–Crippen LogP) is 5.02. The molecule has 5 heteroatoms. The van der Waals surface area contributed by atoms with Crippen molar-refractivity contribution in [3.05, 3.63) is 62.5 Å². The number of hydrogen-bond donors (Lipinski definition) is 0. The summed E-state index contributed by atoms with van der Waals surface area (Å²) in [5.41, 5.74) is 0.576. The molecule has 0 saturated heterocycles. The molecule has 0 unspecified atom stereocenters. The van der Waals surface area contributed by atoms with Crippen LogP contribution in [0.3, 0.4) is 0 Å². The fourth-order valence-electron chi connectivity index (χ4n) is 1.50. The summed E-state index contributed by atoms with van der Waals surface area (Å²) in [7, 11) is 0. The zero-order valence-corrected chi connectivity index (χ0v) is 12.8. The number of rotatable bonds is 4. The summed E-state index contributed by atoms with van der Waals surface area (Å²) in [6.45, 7) is -0.0794. The quantitative estimate of drug-likeness (QED) is 0.716. The molecule has 98 valence electrons. The summed E-state index contributed by atoms with van der Waals surface area (Å²) in [4.78, 5) is 12.0. The van der Waals surface area contributed by atoms with Gasteiger partial charge < -0.3 is 4.74 Å². The number of carbonyl (C=O) groups excluding carboxylic acids is 1. The maximum Gasteiger partial charge on any atom is 0.201 e. The van der Waals surface area contributed by atoms with Gasteiger partial charge in [-0.15, -0.1) is 0 Å². The topological polar surface area (TPSA) is 26.3 Å². The Hall–Kier alpha value is -1.03. The minimum Gasteiger partial charge on any atom is -0.484 e. The van der Waals surface area contributed by atoms with E-state index in [2.05, 4.69) is 15.9 Å². The highest BCUT2D eigenvalue weighted by Crippen LogP contribution is 2.27. The largest absolute Gasteiger partial charge is 0.484 e. The van der Waals surface area contributed by atoms with Crippen LogP contribution in [-0.2, 0) is 0 Å². The predicted molar refractivity (Wildman–Crippen MR) is 80.4 cm³/mol. The Balaban J connectivity index is 2.07. The summed E-state index contributed by atoms with van der Waals surface area (Å²) in [5.74, 6) is 0.310. The molecule has 2 rings (SSSR count). The van der Waals surface area contributed by atoms with E-state index in [1.807, 2.05) is 12.1 Å². The smallest absolute Gasteiger partial charge is 0.201 e. The standard InChI is InChI=1S/C14H9BrCl2O2/c15-11-4-2-1-3-10(11)13(18)8-19-14-6-5-9(16)7-12(14)17/h1-7H,8H2. The molecule has 0 atom stereocenters. The van der Waals surface area contributed by atoms with Crippen LogP contribution in [0, 0.1) is 0 Å². The molecule has 19 heavy (non-hydrogen) atoms. The van der Waals surface area contributed by atoms with Crippen LogP contribution in [0.15, 0.2) is 46.9 Å². The third-order valence-electron chi connectivity index (χ3n) is 2.43. The summed E-state index contributed by atoms with van der Waals surface area (Å²) in [6.07, 6.45) is 0. The number of hydrogen-bond acceptors (Lipinski definition) is 2.